The highest BCUT2D eigenvalue weighted by molar-refractivity contribution is 7.54. The molecule has 166 valence electrons. The van der Waals surface area contributed by atoms with Gasteiger partial charge in [0.2, 0.25) is 0 Å². The van der Waals surface area contributed by atoms with Crippen LogP contribution in [0.3, 0.4) is 0 Å². The van der Waals surface area contributed by atoms with Crippen molar-refractivity contribution in [3.63, 3.8) is 0 Å². The van der Waals surface area contributed by atoms with Crippen LogP contribution in [-0.2, 0) is 20.9 Å². The Morgan fingerprint density at radius 2 is 1.86 bits per heavy atom. The number of hydrogen-bond donors (Lipinski definition) is 5. The Hall–Kier alpha value is -1.33. The first kappa shape index (κ1) is 23.9. The molecule has 1 aliphatic heterocycles. The summed E-state index contributed by atoms with van der Waals surface area (Å²) in [4.78, 5) is 36.3. The number of aliphatic hydroxyl groups excluding tert-OH is 2. The molecule has 1 aliphatic rings. The molecule has 1 aromatic heterocycles. The minimum absolute atomic E-state index is 0.0374. The summed E-state index contributed by atoms with van der Waals surface area (Å²) in [5.41, 5.74) is -2.63. The first-order valence-electron chi connectivity index (χ1n) is 9.20. The molecule has 0 spiro atoms. The van der Waals surface area contributed by atoms with Crippen molar-refractivity contribution < 1.29 is 34.0 Å². The van der Waals surface area contributed by atoms with Crippen molar-refractivity contribution in [2.24, 2.45) is 7.05 Å². The lowest BCUT2D eigenvalue weighted by molar-refractivity contribution is -0.0524. The molecular formula is C17H29N2O9P. The number of H-pyrrole nitrogens is 1. The SMILES string of the molecule is CCC(C)(C[C@H]1O[C@@H](c2c[nH]c(=O)n(C)c2=O)[C@H](O)[C@@H]1O)OP(=O)(O)C(C)(C)O. The average molecular weight is 436 g/mol. The van der Waals surface area contributed by atoms with E-state index in [4.69, 9.17) is 9.26 Å². The minimum atomic E-state index is -4.44. The molecule has 2 unspecified atom stereocenters. The molecule has 0 aromatic carbocycles. The van der Waals surface area contributed by atoms with Crippen LogP contribution in [0.5, 0.6) is 0 Å². The summed E-state index contributed by atoms with van der Waals surface area (Å²) in [6, 6.07) is 0. The molecule has 5 N–H and O–H groups in total. The zero-order chi connectivity index (χ0) is 22.4. The number of nitrogens with zero attached hydrogens (tertiary/aromatic N) is 1. The topological polar surface area (TPSA) is 171 Å². The number of aromatic amines is 1. The van der Waals surface area contributed by atoms with Crippen molar-refractivity contribution in [1.82, 2.24) is 9.55 Å². The van der Waals surface area contributed by atoms with Gasteiger partial charge in [0, 0.05) is 19.7 Å². The molecule has 0 bridgehead atoms. The van der Waals surface area contributed by atoms with E-state index in [2.05, 4.69) is 4.98 Å². The lowest BCUT2D eigenvalue weighted by atomic mass is 9.92. The second-order valence-electron chi connectivity index (χ2n) is 8.10. The van der Waals surface area contributed by atoms with Gasteiger partial charge < -0.3 is 34.5 Å². The van der Waals surface area contributed by atoms with Crippen LogP contribution in [0.25, 0.3) is 0 Å². The van der Waals surface area contributed by atoms with Crippen LogP contribution in [-0.4, -0.2) is 59.0 Å². The van der Waals surface area contributed by atoms with Gasteiger partial charge >= 0.3 is 13.3 Å². The van der Waals surface area contributed by atoms with Crippen molar-refractivity contribution in [1.29, 1.82) is 0 Å². The van der Waals surface area contributed by atoms with E-state index in [0.717, 1.165) is 24.6 Å². The second-order valence-corrected chi connectivity index (χ2v) is 10.4. The van der Waals surface area contributed by atoms with Gasteiger partial charge in [0.25, 0.3) is 5.56 Å². The first-order valence-corrected chi connectivity index (χ1v) is 10.8. The van der Waals surface area contributed by atoms with Gasteiger partial charge in [0.15, 0.2) is 5.34 Å². The van der Waals surface area contributed by atoms with Gasteiger partial charge in [-0.05, 0) is 27.2 Å². The summed E-state index contributed by atoms with van der Waals surface area (Å²) in [7, 11) is -3.18. The molecule has 2 heterocycles. The van der Waals surface area contributed by atoms with E-state index < -0.39 is 54.2 Å². The zero-order valence-corrected chi connectivity index (χ0v) is 17.9. The zero-order valence-electron chi connectivity index (χ0n) is 17.0. The van der Waals surface area contributed by atoms with E-state index in [1.54, 1.807) is 6.92 Å². The Kier molecular flexibility index (Phi) is 6.66. The normalized spacial score (nSPS) is 29.4. The summed E-state index contributed by atoms with van der Waals surface area (Å²) < 4.78 is 24.3. The maximum atomic E-state index is 12.4. The molecule has 1 aromatic rings. The fraction of sp³-hybridized carbons (Fsp3) is 0.765. The van der Waals surface area contributed by atoms with Gasteiger partial charge in [-0.2, -0.15) is 0 Å². The molecular weight excluding hydrogens is 407 g/mol. The van der Waals surface area contributed by atoms with Crippen LogP contribution in [0.1, 0.15) is 52.2 Å². The van der Waals surface area contributed by atoms with E-state index in [9.17, 15) is 34.4 Å². The molecule has 2 rings (SSSR count). The third-order valence-electron chi connectivity index (χ3n) is 5.29. The number of aromatic nitrogens is 2. The average Bonchev–Trinajstić information content (AvgIpc) is 2.86. The van der Waals surface area contributed by atoms with E-state index in [-0.39, 0.29) is 18.4 Å². The number of rotatable bonds is 7. The molecule has 11 nitrogen and oxygen atoms in total. The van der Waals surface area contributed by atoms with Crippen molar-refractivity contribution >= 4 is 7.60 Å². The van der Waals surface area contributed by atoms with Crippen LogP contribution >= 0.6 is 7.60 Å². The van der Waals surface area contributed by atoms with Crippen LogP contribution in [0.4, 0.5) is 0 Å². The molecule has 12 heteroatoms. The summed E-state index contributed by atoms with van der Waals surface area (Å²) in [6.07, 6.45) is -3.84. The number of nitrogens with one attached hydrogen (secondary N) is 1. The van der Waals surface area contributed by atoms with Crippen molar-refractivity contribution in [2.75, 3.05) is 0 Å². The minimum Gasteiger partial charge on any atom is -0.388 e. The quantitative estimate of drug-likeness (QED) is 0.361. The first-order chi connectivity index (χ1) is 13.1. The van der Waals surface area contributed by atoms with Gasteiger partial charge in [0.1, 0.15) is 18.3 Å². The van der Waals surface area contributed by atoms with Crippen molar-refractivity contribution in [3.8, 4) is 0 Å². The van der Waals surface area contributed by atoms with Crippen LogP contribution in [0.15, 0.2) is 15.8 Å². The van der Waals surface area contributed by atoms with Crippen molar-refractivity contribution in [2.45, 2.75) is 75.9 Å². The lowest BCUT2D eigenvalue weighted by Crippen LogP contribution is -2.40. The van der Waals surface area contributed by atoms with Crippen LogP contribution in [0.2, 0.25) is 0 Å². The fourth-order valence-electron chi connectivity index (χ4n) is 3.04. The summed E-state index contributed by atoms with van der Waals surface area (Å²) in [6.45, 7) is 5.51. The Morgan fingerprint density at radius 3 is 2.38 bits per heavy atom. The van der Waals surface area contributed by atoms with E-state index in [0.29, 0.717) is 0 Å². The number of ether oxygens (including phenoxy) is 1. The number of hydrogen-bond acceptors (Lipinski definition) is 8. The van der Waals surface area contributed by atoms with Gasteiger partial charge in [0.05, 0.1) is 17.3 Å². The maximum Gasteiger partial charge on any atom is 0.359 e. The third-order valence-corrected chi connectivity index (χ3v) is 7.36. The highest BCUT2D eigenvalue weighted by atomic mass is 31.2. The second kappa shape index (κ2) is 8.07. The molecule has 1 saturated heterocycles. The van der Waals surface area contributed by atoms with Crippen LogP contribution in [0, 0.1) is 0 Å². The number of aliphatic hydroxyl groups is 3. The fourth-order valence-corrected chi connectivity index (χ4v) is 4.07. The van der Waals surface area contributed by atoms with Crippen LogP contribution < -0.4 is 11.2 Å². The summed E-state index contributed by atoms with van der Waals surface area (Å²) in [5.74, 6) is 0. The highest BCUT2D eigenvalue weighted by Gasteiger charge is 2.50. The molecule has 0 aliphatic carbocycles. The standard InChI is InChI=1S/C17H29N2O9P/c1-6-17(4,28-29(25,26)16(2,3)24)7-10-11(20)12(21)13(27-10)9-8-18-15(23)19(5)14(9)22/h8,10-13,20-21,24H,6-7H2,1-5H3,(H,18,23)(H,25,26)/t10-,11-,12-,13+,17?/m1/s1. The lowest BCUT2D eigenvalue weighted by Gasteiger charge is -2.36. The van der Waals surface area contributed by atoms with Gasteiger partial charge in [-0.15, -0.1) is 0 Å². The molecule has 6 atom stereocenters. The third kappa shape index (κ3) is 4.72. The van der Waals surface area contributed by atoms with E-state index in [1.165, 1.54) is 14.0 Å². The molecule has 0 saturated carbocycles. The molecule has 29 heavy (non-hydrogen) atoms. The summed E-state index contributed by atoms with van der Waals surface area (Å²) >= 11 is 0. The largest absolute Gasteiger partial charge is 0.388 e. The predicted molar refractivity (Wildman–Crippen MR) is 102 cm³/mol. The molecule has 0 amide bonds. The van der Waals surface area contributed by atoms with Crippen molar-refractivity contribution in [3.05, 3.63) is 32.6 Å². The predicted octanol–water partition coefficient (Wildman–Crippen LogP) is -0.275. The van der Waals surface area contributed by atoms with Gasteiger partial charge in [-0.3, -0.25) is 13.9 Å². The van der Waals surface area contributed by atoms with E-state index in [1.807, 2.05) is 0 Å². The summed E-state index contributed by atoms with van der Waals surface area (Å²) in [5, 5.41) is 28.7. The maximum absolute atomic E-state index is 12.4. The highest BCUT2D eigenvalue weighted by Crippen LogP contribution is 2.57. The van der Waals surface area contributed by atoms with Gasteiger partial charge in [-0.25, -0.2) is 4.79 Å². The van der Waals surface area contributed by atoms with Gasteiger partial charge in [-0.1, -0.05) is 6.92 Å². The monoisotopic (exact) mass is 436 g/mol. The Labute approximate surface area is 167 Å². The molecule has 0 radical (unpaired) electrons. The Balaban J connectivity index is 2.28. The Bertz CT molecular complexity index is 905. The Morgan fingerprint density at radius 1 is 1.28 bits per heavy atom. The van der Waals surface area contributed by atoms with E-state index >= 15 is 0 Å². The smallest absolute Gasteiger partial charge is 0.359 e. The molecule has 1 fully saturated rings.